The molecule has 0 aromatic heterocycles. The molecule has 1 aliphatic rings. The van der Waals surface area contributed by atoms with Crippen molar-refractivity contribution in [2.75, 3.05) is 0 Å². The number of nitrogens with one attached hydrogen (secondary N) is 1. The molecule has 98 valence electrons. The zero-order valence-corrected chi connectivity index (χ0v) is 10.8. The number of benzene rings is 2. The molecule has 3 heteroatoms. The summed E-state index contributed by atoms with van der Waals surface area (Å²) in [6.45, 7) is 0.589. The summed E-state index contributed by atoms with van der Waals surface area (Å²) in [6.07, 6.45) is 1.64. The first kappa shape index (κ1) is 12.2. The molecular formula is C16H18N2O. The van der Waals surface area contributed by atoms with Crippen molar-refractivity contribution in [2.45, 2.75) is 25.4 Å². The predicted octanol–water partition coefficient (Wildman–Crippen LogP) is 2.19. The van der Waals surface area contributed by atoms with E-state index in [1.54, 1.807) is 0 Å². The molecule has 19 heavy (non-hydrogen) atoms. The highest BCUT2D eigenvalue weighted by Crippen LogP contribution is 2.26. The number of hydrogen-bond acceptors (Lipinski definition) is 2. The van der Waals surface area contributed by atoms with Crippen molar-refractivity contribution in [3.63, 3.8) is 0 Å². The summed E-state index contributed by atoms with van der Waals surface area (Å²) in [5.41, 5.74) is 6.87. The first-order valence-electron chi connectivity index (χ1n) is 6.74. The molecule has 1 aliphatic carbocycles. The molecule has 3 nitrogen and oxygen atoms in total. The second-order valence-corrected chi connectivity index (χ2v) is 5.28. The van der Waals surface area contributed by atoms with Gasteiger partial charge in [0, 0.05) is 18.5 Å². The molecule has 2 aromatic rings. The van der Waals surface area contributed by atoms with E-state index < -0.39 is 0 Å². The van der Waals surface area contributed by atoms with Gasteiger partial charge in [-0.2, -0.15) is 0 Å². The Bertz CT molecular complexity index is 597. The average Bonchev–Trinajstić information content (AvgIpc) is 2.41. The van der Waals surface area contributed by atoms with Gasteiger partial charge in [-0.05, 0) is 29.2 Å². The maximum absolute atomic E-state index is 11.9. The van der Waals surface area contributed by atoms with Crippen LogP contribution in [0.2, 0.25) is 0 Å². The summed E-state index contributed by atoms with van der Waals surface area (Å²) in [5, 5.41) is 5.43. The topological polar surface area (TPSA) is 55.1 Å². The number of hydrogen-bond donors (Lipinski definition) is 2. The third-order valence-electron chi connectivity index (χ3n) is 3.88. The van der Waals surface area contributed by atoms with Crippen LogP contribution in [0.3, 0.4) is 0 Å². The summed E-state index contributed by atoms with van der Waals surface area (Å²) in [5.74, 6) is 0.250. The van der Waals surface area contributed by atoms with Gasteiger partial charge in [0.15, 0.2) is 0 Å². The van der Waals surface area contributed by atoms with E-state index in [1.165, 1.54) is 10.8 Å². The normalized spacial score (nSPS) is 21.9. The summed E-state index contributed by atoms with van der Waals surface area (Å²) in [7, 11) is 0. The fourth-order valence-electron chi connectivity index (χ4n) is 2.65. The Labute approximate surface area is 112 Å². The minimum atomic E-state index is 0.116. The van der Waals surface area contributed by atoms with Gasteiger partial charge in [0.1, 0.15) is 0 Å². The Hall–Kier alpha value is -1.87. The lowest BCUT2D eigenvalue weighted by molar-refractivity contribution is -0.128. The molecule has 0 spiro atoms. The monoisotopic (exact) mass is 254 g/mol. The van der Waals surface area contributed by atoms with Gasteiger partial charge in [0.25, 0.3) is 0 Å². The molecule has 0 atom stereocenters. The standard InChI is InChI=1S/C16H18N2O/c17-14-8-13(9-14)16(19)18-10-12-6-3-5-11-4-1-2-7-15(11)12/h1-7,13-14H,8-10,17H2,(H,18,19). The number of carbonyl (C=O) groups excluding carboxylic acids is 1. The molecule has 3 rings (SSSR count). The number of fused-ring (bicyclic) bond motifs is 1. The fraction of sp³-hybridized carbons (Fsp3) is 0.312. The van der Waals surface area contributed by atoms with Crippen molar-refractivity contribution in [3.8, 4) is 0 Å². The van der Waals surface area contributed by atoms with Gasteiger partial charge in [0.05, 0.1) is 0 Å². The van der Waals surface area contributed by atoms with Crippen LogP contribution >= 0.6 is 0 Å². The molecule has 1 fully saturated rings. The van der Waals surface area contributed by atoms with Crippen molar-refractivity contribution in [1.82, 2.24) is 5.32 Å². The lowest BCUT2D eigenvalue weighted by Gasteiger charge is -2.31. The molecule has 0 radical (unpaired) electrons. The maximum Gasteiger partial charge on any atom is 0.223 e. The molecule has 0 saturated heterocycles. The summed E-state index contributed by atoms with van der Waals surface area (Å²) >= 11 is 0. The van der Waals surface area contributed by atoms with E-state index in [0.717, 1.165) is 18.4 Å². The summed E-state index contributed by atoms with van der Waals surface area (Å²) in [4.78, 5) is 11.9. The van der Waals surface area contributed by atoms with Crippen LogP contribution in [0, 0.1) is 5.92 Å². The van der Waals surface area contributed by atoms with Crippen molar-refractivity contribution >= 4 is 16.7 Å². The van der Waals surface area contributed by atoms with Crippen LogP contribution in [0.25, 0.3) is 10.8 Å². The Morgan fingerprint density at radius 3 is 2.68 bits per heavy atom. The van der Waals surface area contributed by atoms with Crippen molar-refractivity contribution in [1.29, 1.82) is 0 Å². The van der Waals surface area contributed by atoms with E-state index in [9.17, 15) is 4.79 Å². The SMILES string of the molecule is NC1CC(C(=O)NCc2cccc3ccccc23)C1. The Kier molecular flexibility index (Phi) is 3.22. The van der Waals surface area contributed by atoms with E-state index in [4.69, 9.17) is 5.73 Å². The third-order valence-corrected chi connectivity index (χ3v) is 3.88. The highest BCUT2D eigenvalue weighted by Gasteiger charge is 2.31. The smallest absolute Gasteiger partial charge is 0.223 e. The maximum atomic E-state index is 11.9. The second kappa shape index (κ2) is 5.02. The van der Waals surface area contributed by atoms with Crippen LogP contribution in [0.1, 0.15) is 18.4 Å². The highest BCUT2D eigenvalue weighted by molar-refractivity contribution is 5.86. The zero-order valence-electron chi connectivity index (χ0n) is 10.8. The van der Waals surface area contributed by atoms with Gasteiger partial charge in [-0.1, -0.05) is 42.5 Å². The van der Waals surface area contributed by atoms with Crippen molar-refractivity contribution in [2.24, 2.45) is 11.7 Å². The molecule has 1 saturated carbocycles. The van der Waals surface area contributed by atoms with E-state index in [2.05, 4.69) is 29.6 Å². The number of amides is 1. The molecule has 1 amide bonds. The van der Waals surface area contributed by atoms with Gasteiger partial charge in [-0.3, -0.25) is 4.79 Å². The van der Waals surface area contributed by atoms with Crippen molar-refractivity contribution in [3.05, 3.63) is 48.0 Å². The van der Waals surface area contributed by atoms with Gasteiger partial charge >= 0.3 is 0 Å². The van der Waals surface area contributed by atoms with E-state index in [-0.39, 0.29) is 17.9 Å². The van der Waals surface area contributed by atoms with Crippen LogP contribution < -0.4 is 11.1 Å². The van der Waals surface area contributed by atoms with Crippen molar-refractivity contribution < 1.29 is 4.79 Å². The first-order chi connectivity index (χ1) is 9.24. The van der Waals surface area contributed by atoms with Gasteiger partial charge in [-0.15, -0.1) is 0 Å². The number of nitrogens with two attached hydrogens (primary N) is 1. The predicted molar refractivity (Wildman–Crippen MR) is 76.5 cm³/mol. The minimum Gasteiger partial charge on any atom is -0.352 e. The van der Waals surface area contributed by atoms with Gasteiger partial charge in [0.2, 0.25) is 5.91 Å². The highest BCUT2D eigenvalue weighted by atomic mass is 16.1. The molecular weight excluding hydrogens is 236 g/mol. The van der Waals surface area contributed by atoms with Gasteiger partial charge in [-0.25, -0.2) is 0 Å². The largest absolute Gasteiger partial charge is 0.352 e. The van der Waals surface area contributed by atoms with E-state index in [0.29, 0.717) is 6.54 Å². The molecule has 0 bridgehead atoms. The molecule has 0 heterocycles. The lowest BCUT2D eigenvalue weighted by atomic mass is 9.80. The summed E-state index contributed by atoms with van der Waals surface area (Å²) in [6, 6.07) is 14.6. The van der Waals surface area contributed by atoms with Crippen LogP contribution in [0.15, 0.2) is 42.5 Å². The van der Waals surface area contributed by atoms with Crippen LogP contribution in [0.4, 0.5) is 0 Å². The summed E-state index contributed by atoms with van der Waals surface area (Å²) < 4.78 is 0. The molecule has 0 aliphatic heterocycles. The van der Waals surface area contributed by atoms with E-state index >= 15 is 0 Å². The molecule has 3 N–H and O–H groups in total. The Morgan fingerprint density at radius 1 is 1.16 bits per heavy atom. The van der Waals surface area contributed by atoms with Crippen LogP contribution in [0.5, 0.6) is 0 Å². The second-order valence-electron chi connectivity index (χ2n) is 5.28. The molecule has 0 unspecified atom stereocenters. The van der Waals surface area contributed by atoms with Crippen LogP contribution in [-0.2, 0) is 11.3 Å². The third kappa shape index (κ3) is 2.47. The minimum absolute atomic E-state index is 0.116. The molecule has 2 aromatic carbocycles. The fourth-order valence-corrected chi connectivity index (χ4v) is 2.65. The first-order valence-corrected chi connectivity index (χ1v) is 6.74. The Morgan fingerprint density at radius 2 is 1.89 bits per heavy atom. The zero-order chi connectivity index (χ0) is 13.2. The van der Waals surface area contributed by atoms with Crippen LogP contribution in [-0.4, -0.2) is 11.9 Å². The quantitative estimate of drug-likeness (QED) is 0.882. The van der Waals surface area contributed by atoms with E-state index in [1.807, 2.05) is 18.2 Å². The van der Waals surface area contributed by atoms with Gasteiger partial charge < -0.3 is 11.1 Å². The lowest BCUT2D eigenvalue weighted by Crippen LogP contribution is -2.44. The number of rotatable bonds is 3. The number of carbonyl (C=O) groups is 1. The average molecular weight is 254 g/mol. The Balaban J connectivity index is 1.70.